The minimum atomic E-state index is -3.80. The third kappa shape index (κ3) is 3.44. The number of anilines is 1. The number of halogens is 2. The molecule has 8 heteroatoms. The lowest BCUT2D eigenvalue weighted by molar-refractivity contribution is 0.282. The first-order chi connectivity index (χ1) is 8.90. The molecule has 1 heterocycles. The van der Waals surface area contributed by atoms with Crippen molar-refractivity contribution in [2.24, 2.45) is 0 Å². The van der Waals surface area contributed by atoms with Gasteiger partial charge in [-0.05, 0) is 35.2 Å². The normalized spacial score (nSPS) is 11.5. The van der Waals surface area contributed by atoms with Gasteiger partial charge >= 0.3 is 0 Å². The Morgan fingerprint density at radius 2 is 2.05 bits per heavy atom. The number of hydrogen-bond donors (Lipinski definition) is 2. The largest absolute Gasteiger partial charge is 0.392 e. The summed E-state index contributed by atoms with van der Waals surface area (Å²) in [6.45, 7) is -0.238. The summed E-state index contributed by atoms with van der Waals surface area (Å²) in [6.07, 6.45) is 0. The van der Waals surface area contributed by atoms with E-state index in [9.17, 15) is 12.8 Å². The van der Waals surface area contributed by atoms with Gasteiger partial charge in [-0.1, -0.05) is 11.6 Å². The van der Waals surface area contributed by atoms with Crippen molar-refractivity contribution in [1.29, 1.82) is 0 Å². The summed E-state index contributed by atoms with van der Waals surface area (Å²) >= 11 is 6.62. The number of sulfonamides is 1. The summed E-state index contributed by atoms with van der Waals surface area (Å²) in [6, 6.07) is 4.77. The molecule has 0 aliphatic rings. The van der Waals surface area contributed by atoms with Gasteiger partial charge in [-0.2, -0.15) is 0 Å². The van der Waals surface area contributed by atoms with Crippen LogP contribution in [0.1, 0.15) is 5.56 Å². The third-order valence-electron chi connectivity index (χ3n) is 2.19. The molecule has 2 rings (SSSR count). The highest BCUT2D eigenvalue weighted by Crippen LogP contribution is 2.25. The topological polar surface area (TPSA) is 66.4 Å². The Morgan fingerprint density at radius 1 is 1.32 bits per heavy atom. The molecule has 0 bridgehead atoms. The average Bonchev–Trinajstić information content (AvgIpc) is 2.75. The predicted molar refractivity (Wildman–Crippen MR) is 72.5 cm³/mol. The lowest BCUT2D eigenvalue weighted by Gasteiger charge is -2.06. The van der Waals surface area contributed by atoms with E-state index in [0.29, 0.717) is 5.56 Å². The van der Waals surface area contributed by atoms with Crippen molar-refractivity contribution in [1.82, 2.24) is 0 Å². The van der Waals surface area contributed by atoms with Crippen LogP contribution < -0.4 is 4.72 Å². The standard InChI is InChI=1S/C11H9ClFNO3S2/c12-8-2-9(13)4-10(3-8)14-19(16,17)11-1-7(5-15)6-18-11/h1-4,6,14-15H,5H2. The molecule has 0 saturated heterocycles. The van der Waals surface area contributed by atoms with E-state index in [1.165, 1.54) is 17.5 Å². The molecule has 0 saturated carbocycles. The van der Waals surface area contributed by atoms with Gasteiger partial charge in [0, 0.05) is 5.02 Å². The van der Waals surface area contributed by atoms with Crippen molar-refractivity contribution >= 4 is 38.6 Å². The van der Waals surface area contributed by atoms with Crippen molar-refractivity contribution in [2.75, 3.05) is 4.72 Å². The maximum absolute atomic E-state index is 13.1. The lowest BCUT2D eigenvalue weighted by atomic mass is 10.3. The SMILES string of the molecule is O=S(=O)(Nc1cc(F)cc(Cl)c1)c1cc(CO)cs1. The van der Waals surface area contributed by atoms with Gasteiger partial charge in [0.25, 0.3) is 10.0 Å². The molecule has 0 fully saturated rings. The molecule has 0 atom stereocenters. The molecule has 0 spiro atoms. The summed E-state index contributed by atoms with van der Waals surface area (Å²) in [5.41, 5.74) is 0.548. The second kappa shape index (κ2) is 5.46. The van der Waals surface area contributed by atoms with Crippen LogP contribution in [0, 0.1) is 5.82 Å². The monoisotopic (exact) mass is 321 g/mol. The van der Waals surface area contributed by atoms with E-state index in [0.717, 1.165) is 23.5 Å². The molecule has 0 aliphatic heterocycles. The number of hydrogen-bond acceptors (Lipinski definition) is 4. The summed E-state index contributed by atoms with van der Waals surface area (Å²) in [5, 5.41) is 10.5. The number of nitrogens with one attached hydrogen (secondary N) is 1. The molecule has 0 amide bonds. The van der Waals surface area contributed by atoms with Crippen LogP contribution in [0.5, 0.6) is 0 Å². The van der Waals surface area contributed by atoms with Gasteiger partial charge in [-0.15, -0.1) is 11.3 Å². The third-order valence-corrected chi connectivity index (χ3v) is 5.28. The average molecular weight is 322 g/mol. The van der Waals surface area contributed by atoms with Crippen LogP contribution >= 0.6 is 22.9 Å². The Balaban J connectivity index is 2.30. The minimum absolute atomic E-state index is 0.0388. The van der Waals surface area contributed by atoms with Crippen LogP contribution in [-0.4, -0.2) is 13.5 Å². The van der Waals surface area contributed by atoms with E-state index in [2.05, 4.69) is 4.72 Å². The molecule has 1 aromatic carbocycles. The number of rotatable bonds is 4. The number of thiophene rings is 1. The van der Waals surface area contributed by atoms with Crippen molar-refractivity contribution in [3.63, 3.8) is 0 Å². The summed E-state index contributed by atoms with van der Waals surface area (Å²) in [5.74, 6) is -0.632. The molecular formula is C11H9ClFNO3S2. The number of benzene rings is 1. The van der Waals surface area contributed by atoms with E-state index in [-0.39, 0.29) is 21.5 Å². The van der Waals surface area contributed by atoms with Crippen molar-refractivity contribution in [3.05, 3.63) is 46.0 Å². The van der Waals surface area contributed by atoms with Crippen molar-refractivity contribution in [3.8, 4) is 0 Å². The fraction of sp³-hybridized carbons (Fsp3) is 0.0909. The molecule has 4 nitrogen and oxygen atoms in total. The Labute approximate surface area is 118 Å². The van der Waals surface area contributed by atoms with Crippen LogP contribution in [-0.2, 0) is 16.6 Å². The fourth-order valence-corrected chi connectivity index (χ4v) is 3.86. The van der Waals surface area contributed by atoms with Gasteiger partial charge in [-0.25, -0.2) is 12.8 Å². The van der Waals surface area contributed by atoms with Crippen molar-refractivity contribution < 1.29 is 17.9 Å². The van der Waals surface area contributed by atoms with E-state index >= 15 is 0 Å². The van der Waals surface area contributed by atoms with Gasteiger partial charge in [0.15, 0.2) is 0 Å². The lowest BCUT2D eigenvalue weighted by Crippen LogP contribution is -2.11. The van der Waals surface area contributed by atoms with Crippen LogP contribution in [0.3, 0.4) is 0 Å². The molecule has 2 aromatic rings. The second-order valence-corrected chi connectivity index (χ2v) is 6.95. The smallest absolute Gasteiger partial charge is 0.271 e. The molecule has 1 aromatic heterocycles. The first-order valence-electron chi connectivity index (χ1n) is 5.08. The molecule has 19 heavy (non-hydrogen) atoms. The second-order valence-electron chi connectivity index (χ2n) is 3.70. The van der Waals surface area contributed by atoms with E-state index in [4.69, 9.17) is 16.7 Å². The number of aliphatic hydroxyl groups is 1. The maximum atomic E-state index is 13.1. The molecule has 0 aliphatic carbocycles. The van der Waals surface area contributed by atoms with Crippen LogP contribution in [0.2, 0.25) is 5.02 Å². The first-order valence-corrected chi connectivity index (χ1v) is 7.82. The van der Waals surface area contributed by atoms with Gasteiger partial charge in [0.2, 0.25) is 0 Å². The minimum Gasteiger partial charge on any atom is -0.392 e. The molecule has 102 valence electrons. The molecule has 0 unspecified atom stereocenters. The zero-order valence-corrected chi connectivity index (χ0v) is 11.8. The highest BCUT2D eigenvalue weighted by molar-refractivity contribution is 7.94. The Bertz CT molecular complexity index is 679. The summed E-state index contributed by atoms with van der Waals surface area (Å²) in [7, 11) is -3.80. The maximum Gasteiger partial charge on any atom is 0.271 e. The highest BCUT2D eigenvalue weighted by atomic mass is 35.5. The fourth-order valence-electron chi connectivity index (χ4n) is 1.40. The quantitative estimate of drug-likeness (QED) is 0.910. The first kappa shape index (κ1) is 14.3. The van der Waals surface area contributed by atoms with Crippen LogP contribution in [0.25, 0.3) is 0 Å². The molecule has 2 N–H and O–H groups in total. The van der Waals surface area contributed by atoms with Crippen LogP contribution in [0.4, 0.5) is 10.1 Å². The zero-order chi connectivity index (χ0) is 14.0. The van der Waals surface area contributed by atoms with Gasteiger partial charge < -0.3 is 5.11 Å². The Kier molecular flexibility index (Phi) is 4.10. The molecular weight excluding hydrogens is 313 g/mol. The van der Waals surface area contributed by atoms with E-state index in [1.807, 2.05) is 0 Å². The van der Waals surface area contributed by atoms with Gasteiger partial charge in [-0.3, -0.25) is 4.72 Å². The van der Waals surface area contributed by atoms with E-state index < -0.39 is 15.8 Å². The van der Waals surface area contributed by atoms with E-state index in [1.54, 1.807) is 0 Å². The number of aliphatic hydroxyl groups excluding tert-OH is 1. The Hall–Kier alpha value is -1.15. The highest BCUT2D eigenvalue weighted by Gasteiger charge is 2.17. The summed E-state index contributed by atoms with van der Waals surface area (Å²) in [4.78, 5) is 0. The zero-order valence-electron chi connectivity index (χ0n) is 9.43. The molecule has 0 radical (unpaired) electrons. The van der Waals surface area contributed by atoms with Gasteiger partial charge in [0.05, 0.1) is 12.3 Å². The Morgan fingerprint density at radius 3 is 2.63 bits per heavy atom. The van der Waals surface area contributed by atoms with Gasteiger partial charge in [0.1, 0.15) is 10.0 Å². The summed E-state index contributed by atoms with van der Waals surface area (Å²) < 4.78 is 39.4. The predicted octanol–water partition coefficient (Wildman–Crippen LogP) is 2.83. The van der Waals surface area contributed by atoms with Crippen molar-refractivity contribution in [2.45, 2.75) is 10.8 Å². The van der Waals surface area contributed by atoms with Crippen LogP contribution in [0.15, 0.2) is 33.9 Å².